The Bertz CT molecular complexity index is 440. The van der Waals surface area contributed by atoms with E-state index in [1.54, 1.807) is 12.1 Å². The summed E-state index contributed by atoms with van der Waals surface area (Å²) in [6.45, 7) is 4.15. The maximum atomic E-state index is 13.5. The van der Waals surface area contributed by atoms with Gasteiger partial charge in [0.15, 0.2) is 0 Å². The summed E-state index contributed by atoms with van der Waals surface area (Å²) in [6, 6.07) is 4.84. The van der Waals surface area contributed by atoms with Crippen molar-refractivity contribution >= 4 is 21.7 Å². The first kappa shape index (κ1) is 11.8. The summed E-state index contributed by atoms with van der Waals surface area (Å²) >= 11 is 3.20. The minimum atomic E-state index is -0.304. The predicted molar refractivity (Wildman–Crippen MR) is 64.7 cm³/mol. The number of carbonyl (C=O) groups excluding carboxylic acids is 1. The summed E-state index contributed by atoms with van der Waals surface area (Å²) in [5.41, 5.74) is 0.624. The van der Waals surface area contributed by atoms with E-state index >= 15 is 0 Å². The van der Waals surface area contributed by atoms with Gasteiger partial charge in [0, 0.05) is 16.8 Å². The van der Waals surface area contributed by atoms with Crippen LogP contribution in [0, 0.1) is 17.2 Å². The van der Waals surface area contributed by atoms with Crippen LogP contribution in [0.5, 0.6) is 0 Å². The van der Waals surface area contributed by atoms with Gasteiger partial charge in [0.05, 0.1) is 0 Å². The van der Waals surface area contributed by atoms with Gasteiger partial charge >= 0.3 is 0 Å². The fraction of sp³-hybridized carbons (Fsp3) is 0.462. The second-order valence-electron chi connectivity index (χ2n) is 5.12. The van der Waals surface area contributed by atoms with Crippen molar-refractivity contribution in [1.29, 1.82) is 0 Å². The van der Waals surface area contributed by atoms with Crippen molar-refractivity contribution < 1.29 is 9.18 Å². The lowest BCUT2D eigenvalue weighted by molar-refractivity contribution is -0.120. The smallest absolute Gasteiger partial charge is 0.140 e. The van der Waals surface area contributed by atoms with Crippen LogP contribution >= 0.6 is 15.9 Å². The number of carbonyl (C=O) groups is 1. The van der Waals surface area contributed by atoms with Crippen molar-refractivity contribution in [1.82, 2.24) is 0 Å². The summed E-state index contributed by atoms with van der Waals surface area (Å²) in [4.78, 5) is 11.8. The van der Waals surface area contributed by atoms with Gasteiger partial charge in [0.1, 0.15) is 11.6 Å². The first-order valence-electron chi connectivity index (χ1n) is 5.37. The number of benzene rings is 1. The molecule has 0 aliphatic heterocycles. The molecule has 1 unspecified atom stereocenters. The van der Waals surface area contributed by atoms with Gasteiger partial charge < -0.3 is 0 Å². The zero-order valence-corrected chi connectivity index (χ0v) is 11.0. The van der Waals surface area contributed by atoms with Crippen molar-refractivity contribution in [3.63, 3.8) is 0 Å². The predicted octanol–water partition coefficient (Wildman–Crippen LogP) is 3.75. The molecule has 1 fully saturated rings. The summed E-state index contributed by atoms with van der Waals surface area (Å²) in [5.74, 6) is -0.0250. The van der Waals surface area contributed by atoms with E-state index in [0.717, 1.165) is 6.42 Å². The average molecular weight is 285 g/mol. The zero-order valence-electron chi connectivity index (χ0n) is 9.39. The molecular formula is C13H14BrFO. The third-order valence-corrected chi connectivity index (χ3v) is 3.78. The van der Waals surface area contributed by atoms with Gasteiger partial charge in [-0.15, -0.1) is 0 Å². The molecule has 86 valence electrons. The fourth-order valence-electron chi connectivity index (χ4n) is 1.99. The molecule has 0 saturated heterocycles. The van der Waals surface area contributed by atoms with Crippen LogP contribution < -0.4 is 0 Å². The van der Waals surface area contributed by atoms with Crippen molar-refractivity contribution in [2.45, 2.75) is 26.7 Å². The molecule has 0 aromatic heterocycles. The summed E-state index contributed by atoms with van der Waals surface area (Å²) in [7, 11) is 0. The van der Waals surface area contributed by atoms with Crippen LogP contribution in [0.3, 0.4) is 0 Å². The van der Waals surface area contributed by atoms with E-state index in [1.165, 1.54) is 6.07 Å². The topological polar surface area (TPSA) is 17.1 Å². The van der Waals surface area contributed by atoms with Crippen molar-refractivity contribution in [2.75, 3.05) is 0 Å². The molecular weight excluding hydrogens is 271 g/mol. The first-order valence-corrected chi connectivity index (χ1v) is 6.16. The lowest BCUT2D eigenvalue weighted by Crippen LogP contribution is -2.10. The van der Waals surface area contributed by atoms with Gasteiger partial charge in [-0.1, -0.05) is 35.8 Å². The van der Waals surface area contributed by atoms with Crippen LogP contribution in [0.2, 0.25) is 0 Å². The molecule has 16 heavy (non-hydrogen) atoms. The Morgan fingerprint density at radius 2 is 2.19 bits per heavy atom. The van der Waals surface area contributed by atoms with Crippen LogP contribution in [-0.4, -0.2) is 5.78 Å². The monoisotopic (exact) mass is 284 g/mol. The van der Waals surface area contributed by atoms with Crippen LogP contribution in [0.25, 0.3) is 0 Å². The number of Topliss-reactive ketones (excluding diaryl/α,β-unsaturated/α-hetero) is 1. The summed E-state index contributed by atoms with van der Waals surface area (Å²) in [6.07, 6.45) is 1.15. The molecule has 1 nitrogen and oxygen atoms in total. The third kappa shape index (κ3) is 2.34. The number of hydrogen-bond acceptors (Lipinski definition) is 1. The Kier molecular flexibility index (Phi) is 2.91. The SMILES string of the molecule is CC1(C)CC1C(=O)Cc1ccc(Br)cc1F. The van der Waals surface area contributed by atoms with Gasteiger partial charge in [-0.2, -0.15) is 0 Å². The Labute approximate surface area is 103 Å². The molecule has 1 aliphatic rings. The Hall–Kier alpha value is -0.700. The second kappa shape index (κ2) is 3.95. The molecule has 1 aliphatic carbocycles. The van der Waals surface area contributed by atoms with Gasteiger partial charge in [0.2, 0.25) is 0 Å². The lowest BCUT2D eigenvalue weighted by atomic mass is 10.0. The molecule has 0 bridgehead atoms. The molecule has 0 radical (unpaired) electrons. The van der Waals surface area contributed by atoms with Crippen LogP contribution in [0.1, 0.15) is 25.8 Å². The van der Waals surface area contributed by atoms with Gasteiger partial charge in [-0.05, 0) is 29.5 Å². The van der Waals surface area contributed by atoms with Crippen molar-refractivity contribution in [2.24, 2.45) is 11.3 Å². The normalized spacial score (nSPS) is 21.9. The molecule has 0 N–H and O–H groups in total. The highest BCUT2D eigenvalue weighted by Gasteiger charge is 2.49. The first-order chi connectivity index (χ1) is 7.40. The van der Waals surface area contributed by atoms with Gasteiger partial charge in [-0.3, -0.25) is 4.79 Å². The maximum absolute atomic E-state index is 13.5. The van der Waals surface area contributed by atoms with E-state index < -0.39 is 0 Å². The fourth-order valence-corrected chi connectivity index (χ4v) is 2.33. The van der Waals surface area contributed by atoms with E-state index in [0.29, 0.717) is 10.0 Å². The highest BCUT2D eigenvalue weighted by Crippen LogP contribution is 2.52. The third-order valence-electron chi connectivity index (χ3n) is 3.28. The van der Waals surface area contributed by atoms with Crippen LogP contribution in [0.4, 0.5) is 4.39 Å². The molecule has 1 saturated carbocycles. The van der Waals surface area contributed by atoms with Crippen molar-refractivity contribution in [3.8, 4) is 0 Å². The number of rotatable bonds is 3. The zero-order chi connectivity index (χ0) is 11.9. The minimum absolute atomic E-state index is 0.121. The average Bonchev–Trinajstić information content (AvgIpc) is 2.80. The Morgan fingerprint density at radius 3 is 2.69 bits per heavy atom. The standard InChI is InChI=1S/C13H14BrFO/c1-13(2)7-10(13)12(16)5-8-3-4-9(14)6-11(8)15/h3-4,6,10H,5,7H2,1-2H3. The number of halogens is 2. The summed E-state index contributed by atoms with van der Waals surface area (Å²) in [5, 5.41) is 0. The Morgan fingerprint density at radius 1 is 1.56 bits per heavy atom. The van der Waals surface area contributed by atoms with Crippen LogP contribution in [0.15, 0.2) is 22.7 Å². The highest BCUT2D eigenvalue weighted by atomic mass is 79.9. The molecule has 1 atom stereocenters. The second-order valence-corrected chi connectivity index (χ2v) is 6.04. The molecule has 2 rings (SSSR count). The van der Waals surface area contributed by atoms with E-state index in [1.807, 2.05) is 0 Å². The van der Waals surface area contributed by atoms with E-state index in [4.69, 9.17) is 0 Å². The lowest BCUT2D eigenvalue weighted by Gasteiger charge is -2.04. The molecule has 1 aromatic rings. The summed E-state index contributed by atoms with van der Waals surface area (Å²) < 4.78 is 14.2. The Balaban J connectivity index is 2.07. The quantitative estimate of drug-likeness (QED) is 0.826. The molecule has 1 aromatic carbocycles. The maximum Gasteiger partial charge on any atom is 0.140 e. The molecule has 0 spiro atoms. The van der Waals surface area contributed by atoms with Gasteiger partial charge in [0.25, 0.3) is 0 Å². The molecule has 3 heteroatoms. The van der Waals surface area contributed by atoms with Crippen LogP contribution in [-0.2, 0) is 11.2 Å². The highest BCUT2D eigenvalue weighted by molar-refractivity contribution is 9.10. The minimum Gasteiger partial charge on any atom is -0.299 e. The molecule has 0 heterocycles. The largest absolute Gasteiger partial charge is 0.299 e. The van der Waals surface area contributed by atoms with Crippen molar-refractivity contribution in [3.05, 3.63) is 34.1 Å². The van der Waals surface area contributed by atoms with E-state index in [2.05, 4.69) is 29.8 Å². The number of ketones is 1. The van der Waals surface area contributed by atoms with E-state index in [-0.39, 0.29) is 29.4 Å². The molecule has 0 amide bonds. The van der Waals surface area contributed by atoms with Gasteiger partial charge in [-0.25, -0.2) is 4.39 Å². The number of hydrogen-bond donors (Lipinski definition) is 0. The van der Waals surface area contributed by atoms with E-state index in [9.17, 15) is 9.18 Å².